The SMILES string of the molecule is Fc1cc(F)cc(COC2CCC=CO2)c1. The molecule has 1 aliphatic rings. The maximum Gasteiger partial charge on any atom is 0.199 e. The van der Waals surface area contributed by atoms with E-state index in [2.05, 4.69) is 0 Å². The summed E-state index contributed by atoms with van der Waals surface area (Å²) in [5, 5.41) is 0. The predicted molar refractivity (Wildman–Crippen MR) is 54.4 cm³/mol. The Morgan fingerprint density at radius 3 is 2.62 bits per heavy atom. The molecule has 1 unspecified atom stereocenters. The third-order valence-corrected chi connectivity index (χ3v) is 2.25. The zero-order chi connectivity index (χ0) is 11.4. The molecule has 0 aromatic heterocycles. The highest BCUT2D eigenvalue weighted by atomic mass is 19.1. The van der Waals surface area contributed by atoms with E-state index in [9.17, 15) is 8.78 Å². The molecular weight excluding hydrogens is 214 g/mol. The van der Waals surface area contributed by atoms with Crippen LogP contribution in [0.3, 0.4) is 0 Å². The van der Waals surface area contributed by atoms with E-state index in [1.807, 2.05) is 6.08 Å². The molecule has 0 amide bonds. The molecule has 1 heterocycles. The number of rotatable bonds is 3. The van der Waals surface area contributed by atoms with Gasteiger partial charge < -0.3 is 9.47 Å². The van der Waals surface area contributed by atoms with Crippen molar-refractivity contribution in [3.8, 4) is 0 Å². The number of benzene rings is 1. The van der Waals surface area contributed by atoms with Crippen LogP contribution < -0.4 is 0 Å². The highest BCUT2D eigenvalue weighted by molar-refractivity contribution is 5.16. The first kappa shape index (κ1) is 11.1. The van der Waals surface area contributed by atoms with Crippen molar-refractivity contribution in [1.29, 1.82) is 0 Å². The molecule has 0 radical (unpaired) electrons. The van der Waals surface area contributed by atoms with E-state index in [4.69, 9.17) is 9.47 Å². The van der Waals surface area contributed by atoms with Gasteiger partial charge in [-0.1, -0.05) is 0 Å². The molecule has 1 aliphatic heterocycles. The zero-order valence-corrected chi connectivity index (χ0v) is 8.66. The Bertz CT molecular complexity index is 370. The Balaban J connectivity index is 1.91. The van der Waals surface area contributed by atoms with Crippen molar-refractivity contribution in [2.75, 3.05) is 0 Å². The normalized spacial score (nSPS) is 19.5. The molecular formula is C12H12F2O2. The Kier molecular flexibility index (Phi) is 3.51. The van der Waals surface area contributed by atoms with Crippen molar-refractivity contribution in [1.82, 2.24) is 0 Å². The molecule has 86 valence electrons. The Morgan fingerprint density at radius 1 is 1.25 bits per heavy atom. The summed E-state index contributed by atoms with van der Waals surface area (Å²) >= 11 is 0. The van der Waals surface area contributed by atoms with Crippen molar-refractivity contribution < 1.29 is 18.3 Å². The second kappa shape index (κ2) is 5.07. The predicted octanol–water partition coefficient (Wildman–Crippen LogP) is 3.13. The van der Waals surface area contributed by atoms with Crippen molar-refractivity contribution in [3.63, 3.8) is 0 Å². The van der Waals surface area contributed by atoms with Gasteiger partial charge in [-0.2, -0.15) is 0 Å². The van der Waals surface area contributed by atoms with Gasteiger partial charge in [-0.15, -0.1) is 0 Å². The van der Waals surface area contributed by atoms with Gasteiger partial charge in [0, 0.05) is 12.5 Å². The Hall–Kier alpha value is -1.42. The zero-order valence-electron chi connectivity index (χ0n) is 8.66. The highest BCUT2D eigenvalue weighted by Crippen LogP contribution is 2.15. The van der Waals surface area contributed by atoms with Crippen LogP contribution in [0.2, 0.25) is 0 Å². The third kappa shape index (κ3) is 3.03. The van der Waals surface area contributed by atoms with Gasteiger partial charge in [0.05, 0.1) is 12.9 Å². The summed E-state index contributed by atoms with van der Waals surface area (Å²) in [5.41, 5.74) is 0.468. The van der Waals surface area contributed by atoms with Gasteiger partial charge in [-0.25, -0.2) is 8.78 Å². The molecule has 2 rings (SSSR count). The summed E-state index contributed by atoms with van der Waals surface area (Å²) in [6.45, 7) is 0.146. The second-order valence-electron chi connectivity index (χ2n) is 3.60. The topological polar surface area (TPSA) is 18.5 Å². The fraction of sp³-hybridized carbons (Fsp3) is 0.333. The lowest BCUT2D eigenvalue weighted by Crippen LogP contribution is -2.16. The van der Waals surface area contributed by atoms with Crippen LogP contribution in [0.25, 0.3) is 0 Å². The van der Waals surface area contributed by atoms with Crippen LogP contribution in [0, 0.1) is 11.6 Å². The average molecular weight is 226 g/mol. The minimum Gasteiger partial charge on any atom is -0.473 e. The van der Waals surface area contributed by atoms with Gasteiger partial charge in [0.1, 0.15) is 11.6 Å². The van der Waals surface area contributed by atoms with Crippen molar-refractivity contribution in [2.24, 2.45) is 0 Å². The summed E-state index contributed by atoms with van der Waals surface area (Å²) in [5.74, 6) is -1.19. The van der Waals surface area contributed by atoms with Crippen LogP contribution >= 0.6 is 0 Å². The van der Waals surface area contributed by atoms with Gasteiger partial charge >= 0.3 is 0 Å². The Morgan fingerprint density at radius 2 is 2.00 bits per heavy atom. The van der Waals surface area contributed by atoms with Crippen molar-refractivity contribution >= 4 is 0 Å². The molecule has 1 atom stereocenters. The summed E-state index contributed by atoms with van der Waals surface area (Å²) in [6.07, 6.45) is 4.81. The van der Waals surface area contributed by atoms with Crippen LogP contribution in [-0.2, 0) is 16.1 Å². The first-order valence-electron chi connectivity index (χ1n) is 5.11. The molecule has 0 saturated carbocycles. The van der Waals surface area contributed by atoms with E-state index >= 15 is 0 Å². The van der Waals surface area contributed by atoms with E-state index in [-0.39, 0.29) is 12.9 Å². The summed E-state index contributed by atoms with van der Waals surface area (Å²) in [6, 6.07) is 3.34. The van der Waals surface area contributed by atoms with Gasteiger partial charge in [-0.3, -0.25) is 0 Å². The molecule has 1 aromatic rings. The smallest absolute Gasteiger partial charge is 0.199 e. The Labute approximate surface area is 92.5 Å². The summed E-state index contributed by atoms with van der Waals surface area (Å²) in [4.78, 5) is 0. The fourth-order valence-electron chi connectivity index (χ4n) is 1.52. The summed E-state index contributed by atoms with van der Waals surface area (Å²) < 4.78 is 36.3. The van der Waals surface area contributed by atoms with Gasteiger partial charge in [0.25, 0.3) is 0 Å². The van der Waals surface area contributed by atoms with Gasteiger partial charge in [-0.05, 0) is 30.2 Å². The molecule has 16 heavy (non-hydrogen) atoms. The number of hydrogen-bond donors (Lipinski definition) is 0. The second-order valence-corrected chi connectivity index (χ2v) is 3.60. The van der Waals surface area contributed by atoms with E-state index in [0.29, 0.717) is 5.56 Å². The van der Waals surface area contributed by atoms with E-state index in [1.54, 1.807) is 6.26 Å². The van der Waals surface area contributed by atoms with Crippen LogP contribution in [-0.4, -0.2) is 6.29 Å². The molecule has 4 heteroatoms. The average Bonchev–Trinajstić information content (AvgIpc) is 2.27. The largest absolute Gasteiger partial charge is 0.473 e. The molecule has 0 bridgehead atoms. The molecule has 1 aromatic carbocycles. The lowest BCUT2D eigenvalue weighted by atomic mass is 10.2. The third-order valence-electron chi connectivity index (χ3n) is 2.25. The maximum atomic E-state index is 12.9. The quantitative estimate of drug-likeness (QED) is 0.788. The summed E-state index contributed by atoms with van der Waals surface area (Å²) in [7, 11) is 0. The number of allylic oxidation sites excluding steroid dienone is 1. The van der Waals surface area contributed by atoms with E-state index in [1.165, 1.54) is 12.1 Å². The molecule has 0 spiro atoms. The van der Waals surface area contributed by atoms with Crippen LogP contribution in [0.5, 0.6) is 0 Å². The molecule has 0 N–H and O–H groups in total. The van der Waals surface area contributed by atoms with E-state index < -0.39 is 11.6 Å². The first-order chi connectivity index (χ1) is 7.74. The number of halogens is 2. The van der Waals surface area contributed by atoms with Crippen LogP contribution in [0.15, 0.2) is 30.5 Å². The van der Waals surface area contributed by atoms with E-state index in [0.717, 1.165) is 18.9 Å². The highest BCUT2D eigenvalue weighted by Gasteiger charge is 2.11. The number of ether oxygens (including phenoxy) is 2. The first-order valence-corrected chi connectivity index (χ1v) is 5.11. The van der Waals surface area contributed by atoms with Crippen molar-refractivity contribution in [3.05, 3.63) is 47.7 Å². The molecule has 0 saturated heterocycles. The van der Waals surface area contributed by atoms with Crippen molar-refractivity contribution in [2.45, 2.75) is 25.7 Å². The number of hydrogen-bond acceptors (Lipinski definition) is 2. The van der Waals surface area contributed by atoms with Crippen LogP contribution in [0.4, 0.5) is 8.78 Å². The lowest BCUT2D eigenvalue weighted by Gasteiger charge is -2.19. The minimum atomic E-state index is -0.594. The fourth-order valence-corrected chi connectivity index (χ4v) is 1.52. The molecule has 0 fully saturated rings. The minimum absolute atomic E-state index is 0.146. The van der Waals surface area contributed by atoms with Gasteiger partial charge in [0.2, 0.25) is 0 Å². The standard InChI is InChI=1S/C12H12F2O2/c13-10-5-9(6-11(14)7-10)8-16-12-3-1-2-4-15-12/h2,4-7,12H,1,3,8H2. The van der Waals surface area contributed by atoms with Gasteiger partial charge in [0.15, 0.2) is 6.29 Å². The monoisotopic (exact) mass is 226 g/mol. The molecule has 2 nitrogen and oxygen atoms in total. The van der Waals surface area contributed by atoms with Crippen LogP contribution in [0.1, 0.15) is 18.4 Å². The molecule has 0 aliphatic carbocycles. The maximum absolute atomic E-state index is 12.9. The lowest BCUT2D eigenvalue weighted by molar-refractivity contribution is -0.123.